The van der Waals surface area contributed by atoms with Crippen LogP contribution in [0.25, 0.3) is 0 Å². The number of rotatable bonds is 3. The molecule has 0 aliphatic carbocycles. The Balaban J connectivity index is 2.37. The van der Waals surface area contributed by atoms with E-state index in [1.807, 2.05) is 0 Å². The van der Waals surface area contributed by atoms with Gasteiger partial charge in [-0.25, -0.2) is 4.39 Å². The average molecular weight is 298 g/mol. The molecule has 1 aromatic heterocycles. The molecular formula is C12H8F2N2O3S. The summed E-state index contributed by atoms with van der Waals surface area (Å²) in [6.45, 7) is 0. The molecule has 1 N–H and O–H groups in total. The van der Waals surface area contributed by atoms with Crippen molar-refractivity contribution in [3.8, 4) is 0 Å². The monoisotopic (exact) mass is 298 g/mol. The molecule has 0 spiro atoms. The smallest absolute Gasteiger partial charge is 0.321 e. The minimum absolute atomic E-state index is 0.267. The summed E-state index contributed by atoms with van der Waals surface area (Å²) in [5.74, 6) is -1.77. The molecule has 104 valence electrons. The summed E-state index contributed by atoms with van der Waals surface area (Å²) in [6.07, 6.45) is 2.04. The standard InChI is InChI=1S/C12H8F2N2O3S/c13-9-7-15-6-5-8(9)12(17)16-10-3-1-2-4-11(10)20(14,18)19/h1-7H,(H,16,17). The van der Waals surface area contributed by atoms with Gasteiger partial charge in [0.15, 0.2) is 5.82 Å². The average Bonchev–Trinajstić information content (AvgIpc) is 2.38. The van der Waals surface area contributed by atoms with Crippen molar-refractivity contribution in [1.82, 2.24) is 4.98 Å². The van der Waals surface area contributed by atoms with Gasteiger partial charge < -0.3 is 5.32 Å². The lowest BCUT2D eigenvalue weighted by atomic mass is 10.2. The van der Waals surface area contributed by atoms with Gasteiger partial charge in [0.2, 0.25) is 0 Å². The largest absolute Gasteiger partial charge is 0.334 e. The Morgan fingerprint density at radius 3 is 2.55 bits per heavy atom. The second kappa shape index (κ2) is 5.33. The van der Waals surface area contributed by atoms with Gasteiger partial charge in [-0.2, -0.15) is 8.42 Å². The normalized spacial score (nSPS) is 11.1. The first kappa shape index (κ1) is 14.1. The quantitative estimate of drug-likeness (QED) is 0.881. The molecule has 0 radical (unpaired) electrons. The first-order valence-corrected chi connectivity index (χ1v) is 6.72. The van der Waals surface area contributed by atoms with Gasteiger partial charge in [0.1, 0.15) is 4.90 Å². The molecule has 1 heterocycles. The van der Waals surface area contributed by atoms with Crippen LogP contribution >= 0.6 is 0 Å². The molecule has 0 bridgehead atoms. The van der Waals surface area contributed by atoms with Crippen molar-refractivity contribution in [3.63, 3.8) is 0 Å². The highest BCUT2D eigenvalue weighted by molar-refractivity contribution is 7.86. The van der Waals surface area contributed by atoms with E-state index in [1.54, 1.807) is 0 Å². The molecule has 0 saturated carbocycles. The SMILES string of the molecule is O=C(Nc1ccccc1S(=O)(=O)F)c1ccncc1F. The minimum atomic E-state index is -4.99. The molecule has 0 atom stereocenters. The van der Waals surface area contributed by atoms with E-state index in [0.29, 0.717) is 0 Å². The van der Waals surface area contributed by atoms with Crippen molar-refractivity contribution in [3.05, 3.63) is 54.1 Å². The summed E-state index contributed by atoms with van der Waals surface area (Å²) in [6, 6.07) is 6.02. The number of hydrogen-bond donors (Lipinski definition) is 1. The van der Waals surface area contributed by atoms with Crippen LogP contribution in [-0.2, 0) is 10.2 Å². The Hall–Kier alpha value is -2.35. The van der Waals surface area contributed by atoms with Gasteiger partial charge in [0, 0.05) is 6.20 Å². The summed E-state index contributed by atoms with van der Waals surface area (Å²) in [5, 5.41) is 2.15. The van der Waals surface area contributed by atoms with E-state index in [2.05, 4.69) is 10.3 Å². The lowest BCUT2D eigenvalue weighted by molar-refractivity contribution is 0.102. The Bertz CT molecular complexity index is 763. The van der Waals surface area contributed by atoms with Crippen LogP contribution in [0.2, 0.25) is 0 Å². The van der Waals surface area contributed by atoms with Crippen LogP contribution in [0.1, 0.15) is 10.4 Å². The Labute approximate surface area is 113 Å². The van der Waals surface area contributed by atoms with Gasteiger partial charge in [-0.1, -0.05) is 12.1 Å². The number of benzene rings is 1. The van der Waals surface area contributed by atoms with Crippen molar-refractivity contribution < 1.29 is 21.5 Å². The fraction of sp³-hybridized carbons (Fsp3) is 0. The summed E-state index contributed by atoms with van der Waals surface area (Å²) in [4.78, 5) is 14.6. The second-order valence-electron chi connectivity index (χ2n) is 3.74. The Kier molecular flexibility index (Phi) is 3.75. The van der Waals surface area contributed by atoms with Crippen LogP contribution in [0.15, 0.2) is 47.6 Å². The highest BCUT2D eigenvalue weighted by Crippen LogP contribution is 2.23. The lowest BCUT2D eigenvalue weighted by Crippen LogP contribution is -2.15. The van der Waals surface area contributed by atoms with Gasteiger partial charge in [0.25, 0.3) is 5.91 Å². The number of anilines is 1. The van der Waals surface area contributed by atoms with Gasteiger partial charge >= 0.3 is 10.2 Å². The molecule has 8 heteroatoms. The molecule has 1 amide bonds. The number of nitrogens with zero attached hydrogens (tertiary/aromatic N) is 1. The van der Waals surface area contributed by atoms with Gasteiger partial charge in [0.05, 0.1) is 17.4 Å². The molecule has 0 fully saturated rings. The maximum Gasteiger partial charge on any atom is 0.334 e. The Morgan fingerprint density at radius 1 is 1.20 bits per heavy atom. The van der Waals surface area contributed by atoms with E-state index in [9.17, 15) is 21.5 Å². The van der Waals surface area contributed by atoms with E-state index in [4.69, 9.17) is 0 Å². The summed E-state index contributed by atoms with van der Waals surface area (Å²) in [7, 11) is -4.99. The molecule has 0 saturated heterocycles. The number of carbonyl (C=O) groups is 1. The number of pyridine rings is 1. The van der Waals surface area contributed by atoms with Crippen molar-refractivity contribution in [2.24, 2.45) is 0 Å². The van der Waals surface area contributed by atoms with E-state index in [0.717, 1.165) is 18.3 Å². The zero-order valence-corrected chi connectivity index (χ0v) is 10.7. The number of amides is 1. The summed E-state index contributed by atoms with van der Waals surface area (Å²) in [5.41, 5.74) is -0.595. The third-order valence-electron chi connectivity index (χ3n) is 2.42. The molecule has 2 aromatic rings. The molecular weight excluding hydrogens is 290 g/mol. The zero-order chi connectivity index (χ0) is 14.8. The molecule has 0 unspecified atom stereocenters. The number of hydrogen-bond acceptors (Lipinski definition) is 4. The van der Waals surface area contributed by atoms with E-state index in [-0.39, 0.29) is 11.3 Å². The summed E-state index contributed by atoms with van der Waals surface area (Å²) >= 11 is 0. The lowest BCUT2D eigenvalue weighted by Gasteiger charge is -2.08. The van der Waals surface area contributed by atoms with Crippen LogP contribution in [0.4, 0.5) is 14.0 Å². The predicted octanol–water partition coefficient (Wildman–Crippen LogP) is 2.13. The number of carbonyl (C=O) groups excluding carboxylic acids is 1. The van der Waals surface area contributed by atoms with Crippen molar-refractivity contribution in [1.29, 1.82) is 0 Å². The first-order chi connectivity index (χ1) is 9.39. The second-order valence-corrected chi connectivity index (χ2v) is 5.06. The Morgan fingerprint density at radius 2 is 1.90 bits per heavy atom. The first-order valence-electron chi connectivity index (χ1n) is 5.34. The molecule has 5 nitrogen and oxygen atoms in total. The van der Waals surface area contributed by atoms with E-state index in [1.165, 1.54) is 24.4 Å². The van der Waals surface area contributed by atoms with Crippen LogP contribution in [0.3, 0.4) is 0 Å². The van der Waals surface area contributed by atoms with Crippen molar-refractivity contribution >= 4 is 21.8 Å². The van der Waals surface area contributed by atoms with Crippen LogP contribution in [-0.4, -0.2) is 19.3 Å². The number of para-hydroxylation sites is 1. The van der Waals surface area contributed by atoms with Crippen LogP contribution in [0.5, 0.6) is 0 Å². The zero-order valence-electron chi connectivity index (χ0n) is 9.88. The number of aromatic nitrogens is 1. The minimum Gasteiger partial charge on any atom is -0.321 e. The fourth-order valence-electron chi connectivity index (χ4n) is 1.53. The van der Waals surface area contributed by atoms with E-state index >= 15 is 0 Å². The van der Waals surface area contributed by atoms with Crippen molar-refractivity contribution in [2.45, 2.75) is 4.90 Å². The molecule has 0 aliphatic heterocycles. The highest BCUT2D eigenvalue weighted by Gasteiger charge is 2.19. The van der Waals surface area contributed by atoms with Gasteiger partial charge in [-0.3, -0.25) is 9.78 Å². The van der Waals surface area contributed by atoms with Crippen LogP contribution in [0, 0.1) is 5.82 Å². The highest BCUT2D eigenvalue weighted by atomic mass is 32.3. The predicted molar refractivity (Wildman–Crippen MR) is 66.9 cm³/mol. The molecule has 2 rings (SSSR count). The number of halogens is 2. The fourth-order valence-corrected chi connectivity index (χ4v) is 2.15. The third kappa shape index (κ3) is 2.97. The topological polar surface area (TPSA) is 76.1 Å². The molecule has 1 aromatic carbocycles. The van der Waals surface area contributed by atoms with Crippen molar-refractivity contribution in [2.75, 3.05) is 5.32 Å². The van der Waals surface area contributed by atoms with Gasteiger partial charge in [-0.05, 0) is 18.2 Å². The van der Waals surface area contributed by atoms with Crippen LogP contribution < -0.4 is 5.32 Å². The van der Waals surface area contributed by atoms with E-state index < -0.39 is 26.8 Å². The third-order valence-corrected chi connectivity index (χ3v) is 3.30. The molecule has 0 aliphatic rings. The summed E-state index contributed by atoms with van der Waals surface area (Å²) < 4.78 is 48.3. The van der Waals surface area contributed by atoms with Gasteiger partial charge in [-0.15, -0.1) is 3.89 Å². The maximum atomic E-state index is 13.4. The molecule has 20 heavy (non-hydrogen) atoms. The maximum absolute atomic E-state index is 13.4. The number of nitrogens with one attached hydrogen (secondary N) is 1.